The number of ketones is 1. The van der Waals surface area contributed by atoms with E-state index in [-0.39, 0.29) is 29.1 Å². The summed E-state index contributed by atoms with van der Waals surface area (Å²) in [6, 6.07) is 12.5. The molecule has 0 spiro atoms. The Bertz CT molecular complexity index is 1840. The molecule has 0 atom stereocenters. The van der Waals surface area contributed by atoms with Crippen molar-refractivity contribution in [2.24, 2.45) is 0 Å². The molecule has 2 aliphatic rings. The first-order chi connectivity index (χ1) is 21.8. The Balaban J connectivity index is 1.04. The van der Waals surface area contributed by atoms with Gasteiger partial charge in [-0.25, -0.2) is 18.4 Å². The molecule has 12 heteroatoms. The largest absolute Gasteiger partial charge is 0.491 e. The molecule has 5 aromatic rings. The van der Waals surface area contributed by atoms with Crippen LogP contribution in [0.4, 0.5) is 14.6 Å². The smallest absolute Gasteiger partial charge is 0.219 e. The van der Waals surface area contributed by atoms with E-state index in [9.17, 15) is 13.6 Å². The van der Waals surface area contributed by atoms with Crippen LogP contribution in [-0.4, -0.2) is 63.5 Å². The molecule has 1 saturated heterocycles. The van der Waals surface area contributed by atoms with Crippen LogP contribution in [0.1, 0.15) is 54.6 Å². The van der Waals surface area contributed by atoms with Gasteiger partial charge in [0.1, 0.15) is 25.5 Å². The zero-order valence-corrected chi connectivity index (χ0v) is 24.5. The molecule has 3 aromatic heterocycles. The quantitative estimate of drug-likeness (QED) is 0.184. The van der Waals surface area contributed by atoms with Gasteiger partial charge in [0, 0.05) is 36.1 Å². The first kappa shape index (κ1) is 29.0. The third kappa shape index (κ3) is 5.77. The second-order valence-electron chi connectivity index (χ2n) is 11.6. The Morgan fingerprint density at radius 2 is 1.76 bits per heavy atom. The van der Waals surface area contributed by atoms with E-state index in [1.165, 1.54) is 54.9 Å². The van der Waals surface area contributed by atoms with E-state index in [0.717, 1.165) is 49.5 Å². The lowest BCUT2D eigenvalue weighted by Gasteiger charge is -2.36. The summed E-state index contributed by atoms with van der Waals surface area (Å²) in [5.41, 5.74) is 8.48. The lowest BCUT2D eigenvalue weighted by Crippen LogP contribution is -2.43. The van der Waals surface area contributed by atoms with Crippen molar-refractivity contribution in [2.45, 2.75) is 50.7 Å². The molecule has 45 heavy (non-hydrogen) atoms. The van der Waals surface area contributed by atoms with Crippen LogP contribution in [0.3, 0.4) is 0 Å². The van der Waals surface area contributed by atoms with Crippen molar-refractivity contribution in [1.82, 2.24) is 24.6 Å². The number of halogens is 2. The maximum absolute atomic E-state index is 13.9. The third-order valence-electron chi connectivity index (χ3n) is 8.75. The Morgan fingerprint density at radius 1 is 1.00 bits per heavy atom. The van der Waals surface area contributed by atoms with Crippen molar-refractivity contribution in [3.8, 4) is 23.1 Å². The van der Waals surface area contributed by atoms with E-state index in [0.29, 0.717) is 28.1 Å². The van der Waals surface area contributed by atoms with Gasteiger partial charge in [0.25, 0.3) is 0 Å². The number of nitrogens with zero attached hydrogens (tertiary/aromatic N) is 4. The number of ether oxygens (including phenoxy) is 2. The van der Waals surface area contributed by atoms with Crippen LogP contribution in [0.5, 0.6) is 17.4 Å². The predicted molar refractivity (Wildman–Crippen MR) is 167 cm³/mol. The van der Waals surface area contributed by atoms with E-state index in [1.807, 2.05) is 6.07 Å². The minimum atomic E-state index is -0.848. The van der Waals surface area contributed by atoms with Crippen LogP contribution in [0.2, 0.25) is 0 Å². The molecule has 0 unspecified atom stereocenters. The molecule has 2 fully saturated rings. The summed E-state index contributed by atoms with van der Waals surface area (Å²) in [5.74, 6) is -1.91. The van der Waals surface area contributed by atoms with Gasteiger partial charge in [-0.3, -0.25) is 4.79 Å². The number of likely N-dealkylation sites (tertiary alicyclic amines) is 1. The summed E-state index contributed by atoms with van der Waals surface area (Å²) in [6.45, 7) is 2.08. The number of pyridine rings is 1. The third-order valence-corrected chi connectivity index (χ3v) is 8.75. The number of H-pyrrole nitrogens is 1. The number of nitrogens with two attached hydrogens (primary N) is 1. The minimum absolute atomic E-state index is 0.0278. The van der Waals surface area contributed by atoms with Gasteiger partial charge in [-0.1, -0.05) is 24.4 Å². The number of hydrogen-bond acceptors (Lipinski definition) is 7. The highest BCUT2D eigenvalue weighted by molar-refractivity contribution is 6.35. The highest BCUT2D eigenvalue weighted by Gasteiger charge is 2.28. The monoisotopic (exact) mass is 608 g/mol. The number of piperidine rings is 1. The number of carbonyl (C=O) groups excluding carboxylic acids is 1. The zero-order chi connectivity index (χ0) is 31.1. The normalized spacial score (nSPS) is 16.4. The fourth-order valence-electron chi connectivity index (χ4n) is 6.34. The Kier molecular flexibility index (Phi) is 7.74. The van der Waals surface area contributed by atoms with E-state index in [2.05, 4.69) is 20.0 Å². The Morgan fingerprint density at radius 3 is 2.47 bits per heavy atom. The van der Waals surface area contributed by atoms with Crippen LogP contribution < -0.4 is 20.7 Å². The lowest BCUT2D eigenvalue weighted by molar-refractivity contribution is 0.0775. The van der Waals surface area contributed by atoms with E-state index < -0.39 is 17.4 Å². The summed E-state index contributed by atoms with van der Waals surface area (Å²) < 4.78 is 40.8. The van der Waals surface area contributed by atoms with Crippen molar-refractivity contribution in [3.05, 3.63) is 83.8 Å². The molecule has 1 aliphatic heterocycles. The molecular weight excluding hydrogens is 577 g/mol. The van der Waals surface area contributed by atoms with Gasteiger partial charge in [-0.2, -0.15) is 5.10 Å². The highest BCUT2D eigenvalue weighted by Crippen LogP contribution is 2.30. The molecule has 3 N–H and O–H groups in total. The number of para-hydroxylation sites is 1. The summed E-state index contributed by atoms with van der Waals surface area (Å²) in [7, 11) is 6.36. The second kappa shape index (κ2) is 12.0. The number of aromatic amines is 1. The molecular formula is C33H31BF2N6O3. The first-order valence-electron chi connectivity index (χ1n) is 15.1. The summed E-state index contributed by atoms with van der Waals surface area (Å²) in [4.78, 5) is 23.3. The maximum Gasteiger partial charge on any atom is 0.219 e. The fourth-order valence-corrected chi connectivity index (χ4v) is 6.34. The molecule has 228 valence electrons. The summed E-state index contributed by atoms with van der Waals surface area (Å²) in [5, 5.41) is 5.06. The number of carbonyl (C=O) groups is 1. The SMILES string of the molecule is [B]c1cc2[nH]c(C(=O)c3cnn(-c4ccc(Oc5c(F)cccc5F)nc4)c3N)cc2cc1OC1CCN(C2CCCC2)CC1. The van der Waals surface area contributed by atoms with Gasteiger partial charge < -0.3 is 25.1 Å². The Hall–Kier alpha value is -4.71. The second-order valence-corrected chi connectivity index (χ2v) is 11.6. The van der Waals surface area contributed by atoms with Crippen molar-refractivity contribution < 1.29 is 23.0 Å². The van der Waals surface area contributed by atoms with E-state index in [4.69, 9.17) is 23.1 Å². The van der Waals surface area contributed by atoms with Gasteiger partial charge in [0.15, 0.2) is 11.6 Å². The molecule has 4 heterocycles. The highest BCUT2D eigenvalue weighted by atomic mass is 19.1. The zero-order valence-electron chi connectivity index (χ0n) is 24.5. The van der Waals surface area contributed by atoms with E-state index >= 15 is 0 Å². The van der Waals surface area contributed by atoms with Crippen LogP contribution in [0.25, 0.3) is 16.6 Å². The van der Waals surface area contributed by atoms with Crippen LogP contribution in [-0.2, 0) is 0 Å². The van der Waals surface area contributed by atoms with Gasteiger partial charge in [0.2, 0.25) is 17.4 Å². The lowest BCUT2D eigenvalue weighted by atomic mass is 9.93. The number of benzene rings is 2. The number of nitrogen functional groups attached to an aromatic ring is 1. The summed E-state index contributed by atoms with van der Waals surface area (Å²) >= 11 is 0. The van der Waals surface area contributed by atoms with E-state index in [1.54, 1.807) is 18.2 Å². The van der Waals surface area contributed by atoms with Crippen LogP contribution in [0, 0.1) is 11.6 Å². The predicted octanol–water partition coefficient (Wildman–Crippen LogP) is 5.21. The van der Waals surface area contributed by atoms with Gasteiger partial charge in [-0.15, -0.1) is 0 Å². The molecule has 0 amide bonds. The van der Waals surface area contributed by atoms with Gasteiger partial charge >= 0.3 is 0 Å². The van der Waals surface area contributed by atoms with Crippen LogP contribution in [0.15, 0.2) is 60.9 Å². The fraction of sp³-hybridized carbons (Fsp3) is 0.303. The molecule has 2 aromatic carbocycles. The molecule has 1 saturated carbocycles. The number of fused-ring (bicyclic) bond motifs is 1. The molecule has 9 nitrogen and oxygen atoms in total. The first-order valence-corrected chi connectivity index (χ1v) is 15.1. The van der Waals surface area contributed by atoms with Crippen molar-refractivity contribution in [1.29, 1.82) is 0 Å². The van der Waals surface area contributed by atoms with Crippen molar-refractivity contribution in [3.63, 3.8) is 0 Å². The average molecular weight is 608 g/mol. The molecule has 7 rings (SSSR count). The number of rotatable bonds is 8. The number of nitrogens with one attached hydrogen (secondary N) is 1. The molecule has 1 aliphatic carbocycles. The van der Waals surface area contributed by atoms with Gasteiger partial charge in [0.05, 0.1) is 29.3 Å². The van der Waals surface area contributed by atoms with Crippen molar-refractivity contribution in [2.75, 3.05) is 18.8 Å². The number of hydrogen-bond donors (Lipinski definition) is 2. The number of anilines is 1. The van der Waals surface area contributed by atoms with Crippen LogP contribution >= 0.6 is 0 Å². The Labute approximate surface area is 259 Å². The topological polar surface area (TPSA) is 111 Å². The standard InChI is InChI=1S/C33H31BF2N6O3/c34-24-16-27-19(15-29(24)44-22-10-12-41(13-11-22)20-4-1-2-5-20)14-28(40-27)31(43)23-18-39-42(33(23)37)21-8-9-30(38-17-21)45-32-25(35)6-3-7-26(32)36/h3,6-9,14-18,20,22,40H,1-2,4-5,10-13,37H2. The minimum Gasteiger partial charge on any atom is -0.491 e. The van der Waals surface area contributed by atoms with Crippen molar-refractivity contribution >= 4 is 35.8 Å². The van der Waals surface area contributed by atoms with Gasteiger partial charge in [-0.05, 0) is 62.1 Å². The summed E-state index contributed by atoms with van der Waals surface area (Å²) in [6.07, 6.45) is 10.0. The average Bonchev–Trinajstić information content (AvgIpc) is 3.80. The maximum atomic E-state index is 13.9. The molecule has 2 radical (unpaired) electrons. The number of aromatic nitrogens is 4. The molecule has 0 bridgehead atoms.